The van der Waals surface area contributed by atoms with Crippen LogP contribution in [-0.4, -0.2) is 41.4 Å². The summed E-state index contributed by atoms with van der Waals surface area (Å²) in [7, 11) is -4.02. The quantitative estimate of drug-likeness (QED) is 0.111. The second-order valence-electron chi connectivity index (χ2n) is 9.10. The number of aromatic nitrogens is 2. The van der Waals surface area contributed by atoms with Crippen LogP contribution in [0.2, 0.25) is 0 Å². The first-order valence-corrected chi connectivity index (χ1v) is 13.8. The molecule has 40 heavy (non-hydrogen) atoms. The standard InChI is InChI=1S/C29H27N5O5S/c1-3-18(2)27(29(36)37)34-40(38,39)22-12-8-20(9-13-22)5-4-19-6-10-21(11-7-19)26-16-23(28(35)33-30)24-17-31-15-14-25(24)32-26/h6-18,27,34H,3,30H2,1-2H3,(H,33,35)(H,36,37). The van der Waals surface area contributed by atoms with Gasteiger partial charge in [-0.05, 0) is 54.4 Å². The van der Waals surface area contributed by atoms with Crippen molar-refractivity contribution in [3.63, 3.8) is 0 Å². The number of aliphatic carboxylic acids is 1. The number of carboxylic acids is 1. The average Bonchev–Trinajstić information content (AvgIpc) is 2.97. The number of benzene rings is 2. The molecule has 2 aromatic carbocycles. The topological polar surface area (TPSA) is 164 Å². The van der Waals surface area contributed by atoms with Crippen LogP contribution in [0, 0.1) is 17.8 Å². The largest absolute Gasteiger partial charge is 0.480 e. The van der Waals surface area contributed by atoms with E-state index in [9.17, 15) is 23.1 Å². The SMILES string of the molecule is CCC(C)C(NS(=O)(=O)c1ccc(C#Cc2ccc(-c3cc(C(=O)NN)c4cnccc4n3)cc2)cc1)C(=O)O. The molecule has 2 heterocycles. The highest BCUT2D eigenvalue weighted by atomic mass is 32.2. The van der Waals surface area contributed by atoms with Gasteiger partial charge in [-0.1, -0.05) is 44.2 Å². The molecular formula is C29H27N5O5S. The molecule has 0 aliphatic rings. The van der Waals surface area contributed by atoms with Crippen molar-refractivity contribution in [1.29, 1.82) is 0 Å². The number of carboxylic acid groups (broad SMARTS) is 1. The number of hydrogen-bond donors (Lipinski definition) is 4. The minimum Gasteiger partial charge on any atom is -0.480 e. The number of fused-ring (bicyclic) bond motifs is 1. The van der Waals surface area contributed by atoms with Crippen molar-refractivity contribution >= 4 is 32.8 Å². The fourth-order valence-corrected chi connectivity index (χ4v) is 5.25. The summed E-state index contributed by atoms with van der Waals surface area (Å²) in [6.07, 6.45) is 3.67. The molecule has 0 aliphatic carbocycles. The smallest absolute Gasteiger partial charge is 0.322 e. The number of hydrogen-bond acceptors (Lipinski definition) is 7. The molecule has 204 valence electrons. The second-order valence-corrected chi connectivity index (χ2v) is 10.8. The van der Waals surface area contributed by atoms with E-state index in [2.05, 4.69) is 32.0 Å². The Balaban J connectivity index is 1.52. The van der Waals surface area contributed by atoms with Crippen molar-refractivity contribution in [3.05, 3.63) is 89.7 Å². The van der Waals surface area contributed by atoms with Gasteiger partial charge in [0.1, 0.15) is 6.04 Å². The third kappa shape index (κ3) is 6.32. The number of hydrazine groups is 1. The van der Waals surface area contributed by atoms with E-state index in [-0.39, 0.29) is 10.8 Å². The van der Waals surface area contributed by atoms with Gasteiger partial charge in [0, 0.05) is 34.5 Å². The van der Waals surface area contributed by atoms with Gasteiger partial charge in [0.15, 0.2) is 0 Å². The molecule has 2 atom stereocenters. The molecule has 4 rings (SSSR count). The zero-order valence-electron chi connectivity index (χ0n) is 21.8. The highest BCUT2D eigenvalue weighted by molar-refractivity contribution is 7.89. The number of rotatable bonds is 8. The third-order valence-electron chi connectivity index (χ3n) is 6.44. The summed E-state index contributed by atoms with van der Waals surface area (Å²) >= 11 is 0. The number of carbonyl (C=O) groups is 2. The summed E-state index contributed by atoms with van der Waals surface area (Å²) in [4.78, 5) is 32.5. The second kappa shape index (κ2) is 12.0. The van der Waals surface area contributed by atoms with E-state index < -0.39 is 27.9 Å². The highest BCUT2D eigenvalue weighted by Crippen LogP contribution is 2.25. The number of nitrogen functional groups attached to an aromatic ring is 1. The first-order chi connectivity index (χ1) is 19.1. The lowest BCUT2D eigenvalue weighted by atomic mass is 10.0. The van der Waals surface area contributed by atoms with Crippen LogP contribution in [0.4, 0.5) is 0 Å². The summed E-state index contributed by atoms with van der Waals surface area (Å²) in [6.45, 7) is 3.48. The maximum absolute atomic E-state index is 12.7. The molecule has 2 unspecified atom stereocenters. The fraction of sp³-hybridized carbons (Fsp3) is 0.172. The minimum atomic E-state index is -4.02. The van der Waals surface area contributed by atoms with Crippen LogP contribution >= 0.6 is 0 Å². The Hall–Kier alpha value is -4.63. The van der Waals surface area contributed by atoms with Crippen molar-refractivity contribution in [1.82, 2.24) is 20.1 Å². The van der Waals surface area contributed by atoms with Crippen LogP contribution in [0.3, 0.4) is 0 Å². The van der Waals surface area contributed by atoms with Gasteiger partial charge >= 0.3 is 5.97 Å². The summed E-state index contributed by atoms with van der Waals surface area (Å²) < 4.78 is 27.7. The Labute approximate surface area is 231 Å². The molecule has 0 saturated heterocycles. The summed E-state index contributed by atoms with van der Waals surface area (Å²) in [5, 5.41) is 9.99. The summed E-state index contributed by atoms with van der Waals surface area (Å²) in [5.41, 5.74) is 5.77. The Morgan fingerprint density at radius 2 is 1.65 bits per heavy atom. The number of sulfonamides is 1. The molecule has 0 bridgehead atoms. The zero-order valence-corrected chi connectivity index (χ0v) is 22.6. The molecule has 0 radical (unpaired) electrons. The molecule has 2 aromatic heterocycles. The van der Waals surface area contributed by atoms with E-state index >= 15 is 0 Å². The first-order valence-electron chi connectivity index (χ1n) is 12.4. The van der Waals surface area contributed by atoms with Crippen LogP contribution in [0.15, 0.2) is 78.0 Å². The summed E-state index contributed by atoms with van der Waals surface area (Å²) in [6, 6.07) is 15.3. The minimum absolute atomic E-state index is 0.0432. The van der Waals surface area contributed by atoms with E-state index in [1.807, 2.05) is 24.3 Å². The van der Waals surface area contributed by atoms with E-state index in [1.54, 1.807) is 50.5 Å². The lowest BCUT2D eigenvalue weighted by molar-refractivity contribution is -0.140. The van der Waals surface area contributed by atoms with Gasteiger partial charge in [0.25, 0.3) is 5.91 Å². The van der Waals surface area contributed by atoms with Crippen molar-refractivity contribution < 1.29 is 23.1 Å². The maximum Gasteiger partial charge on any atom is 0.322 e. The number of nitrogens with one attached hydrogen (secondary N) is 2. The van der Waals surface area contributed by atoms with Gasteiger partial charge in [0.2, 0.25) is 10.0 Å². The van der Waals surface area contributed by atoms with E-state index in [0.29, 0.717) is 39.7 Å². The van der Waals surface area contributed by atoms with Crippen molar-refractivity contribution in [3.8, 4) is 23.1 Å². The predicted molar refractivity (Wildman–Crippen MR) is 150 cm³/mol. The molecule has 0 aliphatic heterocycles. The predicted octanol–water partition coefficient (Wildman–Crippen LogP) is 3.08. The third-order valence-corrected chi connectivity index (χ3v) is 7.90. The number of nitrogens with two attached hydrogens (primary N) is 1. The van der Waals surface area contributed by atoms with Crippen LogP contribution < -0.4 is 16.0 Å². The Kier molecular flexibility index (Phi) is 8.55. The molecule has 11 heteroatoms. The molecular weight excluding hydrogens is 530 g/mol. The number of carbonyl (C=O) groups excluding carboxylic acids is 1. The van der Waals surface area contributed by atoms with Gasteiger partial charge in [-0.3, -0.25) is 20.0 Å². The van der Waals surface area contributed by atoms with E-state index in [1.165, 1.54) is 12.1 Å². The van der Waals surface area contributed by atoms with Crippen LogP contribution in [0.1, 0.15) is 41.8 Å². The number of nitrogens with zero attached hydrogens (tertiary/aromatic N) is 2. The molecule has 1 amide bonds. The molecule has 4 aromatic rings. The van der Waals surface area contributed by atoms with E-state index in [4.69, 9.17) is 5.84 Å². The lowest BCUT2D eigenvalue weighted by Crippen LogP contribution is -2.44. The molecule has 0 spiro atoms. The molecule has 0 fully saturated rings. The number of pyridine rings is 2. The van der Waals surface area contributed by atoms with Gasteiger partial charge < -0.3 is 5.11 Å². The average molecular weight is 558 g/mol. The first kappa shape index (κ1) is 28.4. The molecule has 5 N–H and O–H groups in total. The zero-order chi connectivity index (χ0) is 28.9. The Bertz CT molecular complexity index is 1730. The van der Waals surface area contributed by atoms with Gasteiger partial charge in [-0.15, -0.1) is 0 Å². The number of amides is 1. The monoisotopic (exact) mass is 557 g/mol. The van der Waals surface area contributed by atoms with E-state index in [0.717, 1.165) is 5.56 Å². The molecule has 0 saturated carbocycles. The maximum atomic E-state index is 12.7. The van der Waals surface area contributed by atoms with Crippen molar-refractivity contribution in [2.24, 2.45) is 11.8 Å². The van der Waals surface area contributed by atoms with Gasteiger partial charge in [-0.2, -0.15) is 4.72 Å². The Morgan fingerprint density at radius 1 is 1.02 bits per heavy atom. The van der Waals surface area contributed by atoms with Gasteiger partial charge in [0.05, 0.1) is 21.7 Å². The highest BCUT2D eigenvalue weighted by Gasteiger charge is 2.29. The molecule has 10 nitrogen and oxygen atoms in total. The van der Waals surface area contributed by atoms with Crippen molar-refractivity contribution in [2.45, 2.75) is 31.2 Å². The normalized spacial score (nSPS) is 12.7. The Morgan fingerprint density at radius 3 is 2.23 bits per heavy atom. The van der Waals surface area contributed by atoms with Crippen LogP contribution in [0.25, 0.3) is 22.2 Å². The van der Waals surface area contributed by atoms with Gasteiger partial charge in [-0.25, -0.2) is 19.2 Å². The van der Waals surface area contributed by atoms with Crippen LogP contribution in [0.5, 0.6) is 0 Å². The fourth-order valence-electron chi connectivity index (χ4n) is 3.95. The van der Waals surface area contributed by atoms with Crippen LogP contribution in [-0.2, 0) is 14.8 Å². The lowest BCUT2D eigenvalue weighted by Gasteiger charge is -2.20. The van der Waals surface area contributed by atoms with Crippen molar-refractivity contribution in [2.75, 3.05) is 0 Å². The summed E-state index contributed by atoms with van der Waals surface area (Å²) in [5.74, 6) is 9.34.